The highest BCUT2D eigenvalue weighted by molar-refractivity contribution is 8.18. The monoisotopic (exact) mass is 370 g/mol. The third-order valence-electron chi connectivity index (χ3n) is 4.27. The standard InChI is InChI=1S/C18H26S4/c1-2-3-10-18(21-13-7-14-22-18)16-9-5-4-8-15(16)17-19-11-6-12-20-17/h4-5,8-9,17H,2-3,6-7,10-14H2,1H3. The summed E-state index contributed by atoms with van der Waals surface area (Å²) < 4.78 is 0.982. The molecule has 0 aliphatic carbocycles. The molecule has 1 aromatic carbocycles. The number of thioether (sulfide) groups is 4. The molecule has 0 nitrogen and oxygen atoms in total. The van der Waals surface area contributed by atoms with Crippen molar-refractivity contribution in [1.82, 2.24) is 0 Å². The average molecular weight is 371 g/mol. The van der Waals surface area contributed by atoms with Crippen LogP contribution in [0.5, 0.6) is 0 Å². The smallest absolute Gasteiger partial charge is 0.0863 e. The first-order valence-corrected chi connectivity index (χ1v) is 12.5. The highest BCUT2D eigenvalue weighted by Gasteiger charge is 2.38. The van der Waals surface area contributed by atoms with Gasteiger partial charge in [-0.1, -0.05) is 44.0 Å². The molecule has 0 saturated carbocycles. The van der Waals surface area contributed by atoms with E-state index in [2.05, 4.69) is 78.2 Å². The van der Waals surface area contributed by atoms with Crippen LogP contribution in [-0.4, -0.2) is 23.0 Å². The van der Waals surface area contributed by atoms with Gasteiger partial charge in [0.25, 0.3) is 0 Å². The van der Waals surface area contributed by atoms with Gasteiger partial charge in [0.05, 0.1) is 8.66 Å². The predicted molar refractivity (Wildman–Crippen MR) is 109 cm³/mol. The summed E-state index contributed by atoms with van der Waals surface area (Å²) in [5.74, 6) is 5.31. The molecule has 4 heteroatoms. The molecule has 0 spiro atoms. The minimum absolute atomic E-state index is 0.323. The van der Waals surface area contributed by atoms with E-state index in [9.17, 15) is 0 Å². The molecule has 0 N–H and O–H groups in total. The molecule has 2 fully saturated rings. The summed E-state index contributed by atoms with van der Waals surface area (Å²) in [5, 5.41) is 0. The highest BCUT2D eigenvalue weighted by Crippen LogP contribution is 2.57. The first kappa shape index (κ1) is 17.4. The van der Waals surface area contributed by atoms with Crippen molar-refractivity contribution in [3.63, 3.8) is 0 Å². The van der Waals surface area contributed by atoms with Crippen molar-refractivity contribution in [3.05, 3.63) is 35.4 Å². The lowest BCUT2D eigenvalue weighted by Crippen LogP contribution is -2.25. The van der Waals surface area contributed by atoms with Crippen LogP contribution >= 0.6 is 47.0 Å². The quantitative estimate of drug-likeness (QED) is 0.560. The number of benzene rings is 1. The topological polar surface area (TPSA) is 0 Å². The Kier molecular flexibility index (Phi) is 6.85. The largest absolute Gasteiger partial charge is 0.143 e. The van der Waals surface area contributed by atoms with E-state index >= 15 is 0 Å². The Hall–Kier alpha value is 0.620. The molecular weight excluding hydrogens is 344 g/mol. The molecule has 22 heavy (non-hydrogen) atoms. The van der Waals surface area contributed by atoms with Gasteiger partial charge in [0.1, 0.15) is 0 Å². The van der Waals surface area contributed by atoms with Gasteiger partial charge >= 0.3 is 0 Å². The van der Waals surface area contributed by atoms with Crippen LogP contribution in [0.15, 0.2) is 24.3 Å². The minimum Gasteiger partial charge on any atom is -0.143 e. The number of hydrogen-bond donors (Lipinski definition) is 0. The Morgan fingerprint density at radius 3 is 2.41 bits per heavy atom. The van der Waals surface area contributed by atoms with Crippen molar-refractivity contribution in [2.75, 3.05) is 23.0 Å². The first-order chi connectivity index (χ1) is 10.9. The maximum atomic E-state index is 2.44. The fraction of sp³-hybridized carbons (Fsp3) is 0.667. The van der Waals surface area contributed by atoms with E-state index in [1.807, 2.05) is 0 Å². The summed E-state index contributed by atoms with van der Waals surface area (Å²) in [6.45, 7) is 2.32. The van der Waals surface area contributed by atoms with Gasteiger partial charge in [-0.05, 0) is 53.4 Å². The zero-order valence-electron chi connectivity index (χ0n) is 13.4. The van der Waals surface area contributed by atoms with E-state index in [1.54, 1.807) is 11.1 Å². The SMILES string of the molecule is CCCCC1(c2ccccc2C2SCCCS2)SCCCS1. The number of hydrogen-bond acceptors (Lipinski definition) is 4. The fourth-order valence-corrected chi connectivity index (χ4v) is 9.61. The summed E-state index contributed by atoms with van der Waals surface area (Å²) >= 11 is 8.78. The van der Waals surface area contributed by atoms with Crippen molar-refractivity contribution in [2.45, 2.75) is 47.7 Å². The molecule has 0 unspecified atom stereocenters. The summed E-state index contributed by atoms with van der Waals surface area (Å²) in [4.78, 5) is 0. The third kappa shape index (κ3) is 3.99. The maximum absolute atomic E-state index is 2.44. The van der Waals surface area contributed by atoms with E-state index in [4.69, 9.17) is 0 Å². The molecule has 1 aromatic rings. The van der Waals surface area contributed by atoms with Crippen molar-refractivity contribution < 1.29 is 0 Å². The number of unbranched alkanes of at least 4 members (excludes halogenated alkanes) is 1. The molecule has 0 aromatic heterocycles. The summed E-state index contributed by atoms with van der Waals surface area (Å²) in [6.07, 6.45) is 6.73. The Morgan fingerprint density at radius 2 is 1.68 bits per heavy atom. The van der Waals surface area contributed by atoms with Crippen molar-refractivity contribution in [3.8, 4) is 0 Å². The van der Waals surface area contributed by atoms with Crippen LogP contribution < -0.4 is 0 Å². The molecule has 0 amide bonds. The van der Waals surface area contributed by atoms with Crippen molar-refractivity contribution >= 4 is 47.0 Å². The second kappa shape index (κ2) is 8.64. The predicted octanol–water partition coefficient (Wildman–Crippen LogP) is 6.77. The Bertz CT molecular complexity index is 462. The van der Waals surface area contributed by atoms with Gasteiger partial charge in [-0.25, -0.2) is 0 Å². The lowest BCUT2D eigenvalue weighted by atomic mass is 10.0. The molecule has 122 valence electrons. The molecular formula is C18H26S4. The summed E-state index contributed by atoms with van der Waals surface area (Å²) in [6, 6.07) is 9.36. The van der Waals surface area contributed by atoms with Gasteiger partial charge in [0.15, 0.2) is 0 Å². The second-order valence-corrected chi connectivity index (χ2v) is 11.7. The van der Waals surface area contributed by atoms with Gasteiger partial charge in [-0.3, -0.25) is 0 Å². The zero-order valence-corrected chi connectivity index (χ0v) is 16.6. The van der Waals surface area contributed by atoms with Crippen LogP contribution in [0, 0.1) is 0 Å². The molecule has 2 aliphatic heterocycles. The van der Waals surface area contributed by atoms with Crippen molar-refractivity contribution in [1.29, 1.82) is 0 Å². The van der Waals surface area contributed by atoms with E-state index in [1.165, 1.54) is 55.1 Å². The third-order valence-corrected chi connectivity index (χ3v) is 10.7. The second-order valence-electron chi connectivity index (χ2n) is 5.92. The van der Waals surface area contributed by atoms with Crippen LogP contribution in [-0.2, 0) is 4.08 Å². The normalized spacial score (nSPS) is 22.6. The van der Waals surface area contributed by atoms with Gasteiger partial charge in [0, 0.05) is 0 Å². The zero-order chi connectivity index (χ0) is 15.3. The molecule has 2 aliphatic rings. The van der Waals surface area contributed by atoms with Crippen molar-refractivity contribution in [2.24, 2.45) is 0 Å². The van der Waals surface area contributed by atoms with Crippen LogP contribution in [0.2, 0.25) is 0 Å². The fourth-order valence-electron chi connectivity index (χ4n) is 3.14. The van der Waals surface area contributed by atoms with Crippen LogP contribution in [0.1, 0.15) is 54.7 Å². The molecule has 0 radical (unpaired) electrons. The van der Waals surface area contributed by atoms with Gasteiger partial charge < -0.3 is 0 Å². The highest BCUT2D eigenvalue weighted by atomic mass is 32.2. The Morgan fingerprint density at radius 1 is 1.00 bits per heavy atom. The molecule has 2 heterocycles. The van der Waals surface area contributed by atoms with E-state index in [0.717, 1.165) is 0 Å². The first-order valence-electron chi connectivity index (χ1n) is 8.46. The molecule has 0 atom stereocenters. The average Bonchev–Trinajstić information content (AvgIpc) is 2.61. The Balaban J connectivity index is 1.92. The summed E-state index contributed by atoms with van der Waals surface area (Å²) in [7, 11) is 0. The van der Waals surface area contributed by atoms with E-state index < -0.39 is 0 Å². The van der Waals surface area contributed by atoms with Crippen LogP contribution in [0.4, 0.5) is 0 Å². The molecule has 2 saturated heterocycles. The van der Waals surface area contributed by atoms with Gasteiger partial charge in [-0.2, -0.15) is 0 Å². The molecule has 0 bridgehead atoms. The lowest BCUT2D eigenvalue weighted by Gasteiger charge is -2.39. The molecule has 3 rings (SSSR count). The maximum Gasteiger partial charge on any atom is 0.0863 e. The minimum atomic E-state index is 0.323. The summed E-state index contributed by atoms with van der Waals surface area (Å²) in [5.41, 5.74) is 3.26. The van der Waals surface area contributed by atoms with E-state index in [-0.39, 0.29) is 0 Å². The lowest BCUT2D eigenvalue weighted by molar-refractivity contribution is 0.668. The van der Waals surface area contributed by atoms with Gasteiger partial charge in [-0.15, -0.1) is 47.0 Å². The number of rotatable bonds is 5. The van der Waals surface area contributed by atoms with Crippen LogP contribution in [0.3, 0.4) is 0 Å². The van der Waals surface area contributed by atoms with E-state index in [0.29, 0.717) is 8.66 Å². The van der Waals surface area contributed by atoms with Crippen LogP contribution in [0.25, 0.3) is 0 Å². The van der Waals surface area contributed by atoms with Gasteiger partial charge in [0.2, 0.25) is 0 Å². The Labute approximate surface area is 152 Å².